The zero-order valence-electron chi connectivity index (χ0n) is 9.12. The Bertz CT molecular complexity index is 285. The Labute approximate surface area is 89.2 Å². The molecule has 0 aliphatic carbocycles. The van der Waals surface area contributed by atoms with Crippen molar-refractivity contribution in [1.29, 1.82) is 0 Å². The number of rotatable bonds is 6. The van der Waals surface area contributed by atoms with E-state index in [1.165, 1.54) is 0 Å². The molecular weight excluding hydrogens is 194 g/mol. The van der Waals surface area contributed by atoms with Gasteiger partial charge in [0.25, 0.3) is 0 Å². The lowest BCUT2D eigenvalue weighted by atomic mass is 10.2. The van der Waals surface area contributed by atoms with Gasteiger partial charge in [-0.15, -0.1) is 0 Å². The van der Waals surface area contributed by atoms with Gasteiger partial charge in [0.2, 0.25) is 5.91 Å². The summed E-state index contributed by atoms with van der Waals surface area (Å²) in [6.07, 6.45) is 2.56. The topological polar surface area (TPSA) is 67.2 Å². The fourth-order valence-electron chi connectivity index (χ4n) is 0.993. The summed E-state index contributed by atoms with van der Waals surface area (Å²) in [5, 5.41) is 9.38. The van der Waals surface area contributed by atoms with Crippen LogP contribution in [0.15, 0.2) is 16.8 Å². The van der Waals surface area contributed by atoms with Gasteiger partial charge in [-0.2, -0.15) is 0 Å². The Morgan fingerprint density at radius 3 is 3.07 bits per heavy atom. The Hall–Kier alpha value is -1.36. The van der Waals surface area contributed by atoms with Crippen LogP contribution in [-0.4, -0.2) is 23.7 Å². The van der Waals surface area contributed by atoms with Gasteiger partial charge in [0.1, 0.15) is 0 Å². The molecule has 15 heavy (non-hydrogen) atoms. The van der Waals surface area contributed by atoms with Crippen molar-refractivity contribution in [3.63, 3.8) is 0 Å². The minimum Gasteiger partial charge on any atom is -0.360 e. The van der Waals surface area contributed by atoms with Crippen molar-refractivity contribution in [2.24, 2.45) is 0 Å². The van der Waals surface area contributed by atoms with Gasteiger partial charge in [-0.05, 0) is 13.3 Å². The molecule has 0 radical (unpaired) electrons. The molecule has 1 unspecified atom stereocenters. The highest BCUT2D eigenvalue weighted by atomic mass is 16.5. The lowest BCUT2D eigenvalue weighted by Gasteiger charge is -2.10. The van der Waals surface area contributed by atoms with E-state index < -0.39 is 0 Å². The van der Waals surface area contributed by atoms with Crippen LogP contribution in [0.2, 0.25) is 0 Å². The molecule has 1 heterocycles. The second kappa shape index (κ2) is 6.19. The minimum absolute atomic E-state index is 0.0355. The molecule has 1 atom stereocenters. The van der Waals surface area contributed by atoms with E-state index in [9.17, 15) is 4.79 Å². The molecule has 0 aromatic carbocycles. The second-order valence-electron chi connectivity index (χ2n) is 3.45. The van der Waals surface area contributed by atoms with Gasteiger partial charge in [-0.1, -0.05) is 12.1 Å². The van der Waals surface area contributed by atoms with Crippen LogP contribution in [-0.2, 0) is 11.3 Å². The number of aromatic nitrogens is 1. The molecule has 1 aromatic heterocycles. The zero-order chi connectivity index (χ0) is 11.1. The van der Waals surface area contributed by atoms with Crippen LogP contribution >= 0.6 is 0 Å². The zero-order valence-corrected chi connectivity index (χ0v) is 9.12. The van der Waals surface area contributed by atoms with E-state index in [2.05, 4.69) is 22.7 Å². The average molecular weight is 211 g/mol. The molecule has 0 aliphatic rings. The van der Waals surface area contributed by atoms with Crippen LogP contribution in [0.25, 0.3) is 0 Å². The SMILES string of the molecule is CCC(C)NCC(=O)NCc1ccno1. The monoisotopic (exact) mass is 211 g/mol. The molecule has 5 heteroatoms. The fourth-order valence-corrected chi connectivity index (χ4v) is 0.993. The molecule has 1 amide bonds. The Morgan fingerprint density at radius 2 is 2.47 bits per heavy atom. The third-order valence-corrected chi connectivity index (χ3v) is 2.17. The minimum atomic E-state index is -0.0355. The predicted molar refractivity (Wildman–Crippen MR) is 56.1 cm³/mol. The highest BCUT2D eigenvalue weighted by molar-refractivity contribution is 5.77. The van der Waals surface area contributed by atoms with E-state index in [-0.39, 0.29) is 5.91 Å². The van der Waals surface area contributed by atoms with Crippen molar-refractivity contribution >= 4 is 5.91 Å². The molecule has 0 bridgehead atoms. The van der Waals surface area contributed by atoms with E-state index in [1.807, 2.05) is 6.92 Å². The van der Waals surface area contributed by atoms with Gasteiger partial charge < -0.3 is 15.2 Å². The van der Waals surface area contributed by atoms with Gasteiger partial charge in [0.05, 0.1) is 19.3 Å². The molecule has 84 valence electrons. The number of carbonyl (C=O) groups is 1. The van der Waals surface area contributed by atoms with Crippen LogP contribution in [0.3, 0.4) is 0 Å². The maximum atomic E-state index is 11.3. The van der Waals surface area contributed by atoms with Gasteiger partial charge >= 0.3 is 0 Å². The lowest BCUT2D eigenvalue weighted by Crippen LogP contribution is -2.37. The molecule has 2 N–H and O–H groups in total. The molecule has 0 fully saturated rings. The molecule has 0 saturated carbocycles. The van der Waals surface area contributed by atoms with Crippen LogP contribution in [0.1, 0.15) is 26.0 Å². The van der Waals surface area contributed by atoms with Crippen molar-refractivity contribution in [3.05, 3.63) is 18.0 Å². The number of hydrogen-bond acceptors (Lipinski definition) is 4. The highest BCUT2D eigenvalue weighted by Crippen LogP contribution is 1.94. The maximum absolute atomic E-state index is 11.3. The second-order valence-corrected chi connectivity index (χ2v) is 3.45. The molecule has 0 saturated heterocycles. The van der Waals surface area contributed by atoms with Crippen molar-refractivity contribution in [2.45, 2.75) is 32.9 Å². The smallest absolute Gasteiger partial charge is 0.234 e. The fraction of sp³-hybridized carbons (Fsp3) is 0.600. The summed E-state index contributed by atoms with van der Waals surface area (Å²) in [6, 6.07) is 2.09. The molecule has 1 aromatic rings. The van der Waals surface area contributed by atoms with Crippen LogP contribution in [0, 0.1) is 0 Å². The lowest BCUT2D eigenvalue weighted by molar-refractivity contribution is -0.120. The summed E-state index contributed by atoms with van der Waals surface area (Å²) >= 11 is 0. The van der Waals surface area contributed by atoms with Crippen molar-refractivity contribution < 1.29 is 9.32 Å². The predicted octanol–water partition coefficient (Wildman–Crippen LogP) is 0.679. The van der Waals surface area contributed by atoms with Crippen LogP contribution in [0.5, 0.6) is 0 Å². The van der Waals surface area contributed by atoms with Gasteiger partial charge in [-0.25, -0.2) is 0 Å². The molecule has 5 nitrogen and oxygen atoms in total. The first-order valence-corrected chi connectivity index (χ1v) is 5.12. The van der Waals surface area contributed by atoms with E-state index in [1.54, 1.807) is 12.3 Å². The average Bonchev–Trinajstić information content (AvgIpc) is 2.75. The van der Waals surface area contributed by atoms with E-state index in [0.29, 0.717) is 24.9 Å². The van der Waals surface area contributed by atoms with Gasteiger partial charge in [-0.3, -0.25) is 4.79 Å². The number of nitrogens with one attached hydrogen (secondary N) is 2. The number of amides is 1. The highest BCUT2D eigenvalue weighted by Gasteiger charge is 2.04. The summed E-state index contributed by atoms with van der Waals surface area (Å²) in [7, 11) is 0. The van der Waals surface area contributed by atoms with Crippen LogP contribution in [0.4, 0.5) is 0 Å². The number of carbonyl (C=O) groups excluding carboxylic acids is 1. The summed E-state index contributed by atoms with van der Waals surface area (Å²) in [6.45, 7) is 4.85. The summed E-state index contributed by atoms with van der Waals surface area (Å²) in [5.74, 6) is 0.624. The standard InChI is InChI=1S/C10H17N3O2/c1-3-8(2)11-7-10(14)12-6-9-4-5-13-15-9/h4-5,8,11H,3,6-7H2,1-2H3,(H,12,14). The maximum Gasteiger partial charge on any atom is 0.234 e. The number of hydrogen-bond donors (Lipinski definition) is 2. The first-order valence-electron chi connectivity index (χ1n) is 5.12. The normalized spacial score (nSPS) is 12.4. The third kappa shape index (κ3) is 4.60. The molecular formula is C10H17N3O2. The summed E-state index contributed by atoms with van der Waals surface area (Å²) in [5.41, 5.74) is 0. The van der Waals surface area contributed by atoms with Gasteiger partial charge in [0, 0.05) is 12.1 Å². The largest absolute Gasteiger partial charge is 0.360 e. The first kappa shape index (κ1) is 11.7. The summed E-state index contributed by atoms with van der Waals surface area (Å²) in [4.78, 5) is 11.3. The van der Waals surface area contributed by atoms with Crippen molar-refractivity contribution in [1.82, 2.24) is 15.8 Å². The van der Waals surface area contributed by atoms with Crippen LogP contribution < -0.4 is 10.6 Å². The van der Waals surface area contributed by atoms with E-state index in [0.717, 1.165) is 6.42 Å². The summed E-state index contributed by atoms with van der Waals surface area (Å²) < 4.78 is 4.85. The molecule has 0 aliphatic heterocycles. The van der Waals surface area contributed by atoms with Gasteiger partial charge in [0.15, 0.2) is 5.76 Å². The quantitative estimate of drug-likeness (QED) is 0.726. The van der Waals surface area contributed by atoms with E-state index >= 15 is 0 Å². The molecule has 1 rings (SSSR count). The molecule has 0 spiro atoms. The Kier molecular flexibility index (Phi) is 4.83. The van der Waals surface area contributed by atoms with E-state index in [4.69, 9.17) is 4.52 Å². The Morgan fingerprint density at radius 1 is 1.67 bits per heavy atom. The third-order valence-electron chi connectivity index (χ3n) is 2.17. The Balaban J connectivity index is 2.14. The first-order chi connectivity index (χ1) is 7.22. The number of nitrogens with zero attached hydrogens (tertiary/aromatic N) is 1. The van der Waals surface area contributed by atoms with Crippen molar-refractivity contribution in [2.75, 3.05) is 6.54 Å². The van der Waals surface area contributed by atoms with Crippen molar-refractivity contribution in [3.8, 4) is 0 Å².